The smallest absolute Gasteiger partial charge is 0.254 e. The molecule has 1 aliphatic rings. The number of aromatic nitrogens is 1. The third-order valence-electron chi connectivity index (χ3n) is 3.99. The van der Waals surface area contributed by atoms with Crippen molar-refractivity contribution in [3.63, 3.8) is 0 Å². The number of hydrogen-bond acceptors (Lipinski definition) is 4. The second-order valence-corrected chi connectivity index (χ2v) is 9.26. The van der Waals surface area contributed by atoms with E-state index in [0.29, 0.717) is 18.4 Å². The van der Waals surface area contributed by atoms with Crippen molar-refractivity contribution in [2.45, 2.75) is 25.0 Å². The van der Waals surface area contributed by atoms with Gasteiger partial charge in [0.25, 0.3) is 5.56 Å². The van der Waals surface area contributed by atoms with Crippen LogP contribution >= 0.6 is 22.6 Å². The van der Waals surface area contributed by atoms with Crippen molar-refractivity contribution in [2.75, 3.05) is 10.0 Å². The summed E-state index contributed by atoms with van der Waals surface area (Å²) in [6.45, 7) is 1.60. The van der Waals surface area contributed by atoms with E-state index >= 15 is 0 Å². The van der Waals surface area contributed by atoms with Crippen molar-refractivity contribution in [1.82, 2.24) is 4.57 Å². The zero-order chi connectivity index (χ0) is 18.4. The van der Waals surface area contributed by atoms with E-state index < -0.39 is 21.1 Å². The first-order valence-electron chi connectivity index (χ1n) is 7.63. The maximum absolute atomic E-state index is 14.2. The van der Waals surface area contributed by atoms with Crippen molar-refractivity contribution in [2.24, 2.45) is 7.05 Å². The van der Waals surface area contributed by atoms with Gasteiger partial charge in [0.05, 0.1) is 16.6 Å². The van der Waals surface area contributed by atoms with Crippen LogP contribution < -0.4 is 15.6 Å². The van der Waals surface area contributed by atoms with Crippen LogP contribution in [0.15, 0.2) is 29.1 Å². The summed E-state index contributed by atoms with van der Waals surface area (Å²) in [7, 11) is -2.01. The molecule has 0 unspecified atom stereocenters. The Morgan fingerprint density at radius 3 is 2.52 bits per heavy atom. The number of nitrogens with one attached hydrogen (secondary N) is 2. The molecule has 1 heterocycles. The highest BCUT2D eigenvalue weighted by Crippen LogP contribution is 2.33. The Hall–Kier alpha value is -1.62. The van der Waals surface area contributed by atoms with Gasteiger partial charge in [0.1, 0.15) is 11.6 Å². The van der Waals surface area contributed by atoms with E-state index in [1.807, 2.05) is 22.6 Å². The van der Waals surface area contributed by atoms with E-state index in [9.17, 15) is 17.6 Å². The molecule has 0 radical (unpaired) electrons. The van der Waals surface area contributed by atoms with Crippen LogP contribution in [0.4, 0.5) is 21.6 Å². The van der Waals surface area contributed by atoms with Crippen LogP contribution in [0.25, 0.3) is 0 Å². The summed E-state index contributed by atoms with van der Waals surface area (Å²) in [5.74, 6) is -0.296. The van der Waals surface area contributed by atoms with Gasteiger partial charge in [0.2, 0.25) is 10.0 Å². The van der Waals surface area contributed by atoms with Gasteiger partial charge in [-0.05, 0) is 66.6 Å². The van der Waals surface area contributed by atoms with E-state index in [4.69, 9.17) is 0 Å². The molecular weight excluding hydrogens is 460 g/mol. The molecule has 1 aromatic heterocycles. The second-order valence-electron chi connectivity index (χ2n) is 6.05. The fourth-order valence-corrected chi connectivity index (χ4v) is 4.29. The van der Waals surface area contributed by atoms with Crippen LogP contribution in [0, 0.1) is 16.3 Å². The summed E-state index contributed by atoms with van der Waals surface area (Å²) >= 11 is 1.99. The molecule has 0 amide bonds. The third-order valence-corrected chi connectivity index (χ3v) is 6.52. The maximum Gasteiger partial charge on any atom is 0.254 e. The Kier molecular flexibility index (Phi) is 4.80. The standard InChI is InChI=1S/C16H17FIN3O3S/c1-9-7-14(20-25(23,24)11-4-5-11)15(21(2)16(9)22)19-13-6-3-10(18)8-12(13)17/h3,6-8,11,19-20H,4-5H2,1-2H3. The molecule has 9 heteroatoms. The zero-order valence-electron chi connectivity index (χ0n) is 13.6. The second kappa shape index (κ2) is 6.60. The van der Waals surface area contributed by atoms with Crippen molar-refractivity contribution < 1.29 is 12.8 Å². The molecule has 0 saturated heterocycles. The molecule has 2 N–H and O–H groups in total. The van der Waals surface area contributed by atoms with Crippen LogP contribution in [-0.2, 0) is 17.1 Å². The minimum atomic E-state index is -3.52. The Morgan fingerprint density at radius 1 is 1.24 bits per heavy atom. The first kappa shape index (κ1) is 18.2. The van der Waals surface area contributed by atoms with Gasteiger partial charge in [-0.1, -0.05) is 0 Å². The highest BCUT2D eigenvalue weighted by atomic mass is 127. The lowest BCUT2D eigenvalue weighted by atomic mass is 10.2. The van der Waals surface area contributed by atoms with E-state index in [0.717, 1.165) is 3.57 Å². The van der Waals surface area contributed by atoms with Crippen molar-refractivity contribution in [3.8, 4) is 0 Å². The summed E-state index contributed by atoms with van der Waals surface area (Å²) in [6, 6.07) is 6.07. The monoisotopic (exact) mass is 477 g/mol. The molecule has 0 atom stereocenters. The first-order valence-corrected chi connectivity index (χ1v) is 10.3. The third kappa shape index (κ3) is 3.81. The fourth-order valence-electron chi connectivity index (χ4n) is 2.46. The highest BCUT2D eigenvalue weighted by Gasteiger charge is 2.36. The topological polar surface area (TPSA) is 80.2 Å². The lowest BCUT2D eigenvalue weighted by molar-refractivity contribution is 0.600. The molecule has 25 heavy (non-hydrogen) atoms. The molecule has 0 aliphatic heterocycles. The fraction of sp³-hybridized carbons (Fsp3) is 0.312. The Bertz CT molecular complexity index is 1000. The van der Waals surface area contributed by atoms with Crippen LogP contribution in [0.1, 0.15) is 18.4 Å². The molecule has 1 aromatic carbocycles. The summed E-state index contributed by atoms with van der Waals surface area (Å²) in [5.41, 5.74) is 0.489. The van der Waals surface area contributed by atoms with Gasteiger partial charge in [0, 0.05) is 16.2 Å². The highest BCUT2D eigenvalue weighted by molar-refractivity contribution is 14.1. The van der Waals surface area contributed by atoms with Gasteiger partial charge in [-0.2, -0.15) is 0 Å². The number of sulfonamides is 1. The number of nitrogens with zero attached hydrogens (tertiary/aromatic N) is 1. The number of halogens is 2. The van der Waals surface area contributed by atoms with Crippen LogP contribution in [0.3, 0.4) is 0 Å². The predicted octanol–water partition coefficient (Wildman–Crippen LogP) is 3.09. The Morgan fingerprint density at radius 2 is 1.92 bits per heavy atom. The van der Waals surface area contributed by atoms with Crippen LogP contribution in [0.2, 0.25) is 0 Å². The van der Waals surface area contributed by atoms with E-state index in [-0.39, 0.29) is 22.8 Å². The molecule has 2 aromatic rings. The summed E-state index contributed by atoms with van der Waals surface area (Å²) in [5, 5.41) is 2.43. The summed E-state index contributed by atoms with van der Waals surface area (Å²) in [4.78, 5) is 12.2. The number of pyridine rings is 1. The minimum Gasteiger partial charge on any atom is -0.337 e. The largest absolute Gasteiger partial charge is 0.337 e. The van der Waals surface area contributed by atoms with Crippen LogP contribution in [-0.4, -0.2) is 18.2 Å². The molecule has 3 rings (SSSR count). The molecule has 6 nitrogen and oxygen atoms in total. The number of rotatable bonds is 5. The molecule has 134 valence electrons. The van der Waals surface area contributed by atoms with Crippen molar-refractivity contribution in [1.29, 1.82) is 0 Å². The quantitative estimate of drug-likeness (QED) is 0.649. The Labute approximate surface area is 158 Å². The lowest BCUT2D eigenvalue weighted by Crippen LogP contribution is -2.25. The van der Waals surface area contributed by atoms with Crippen molar-refractivity contribution in [3.05, 3.63) is 49.6 Å². The van der Waals surface area contributed by atoms with Gasteiger partial charge in [-0.15, -0.1) is 0 Å². The molecule has 1 saturated carbocycles. The van der Waals surface area contributed by atoms with Gasteiger partial charge in [-0.25, -0.2) is 12.8 Å². The molecule has 0 bridgehead atoms. The molecule has 0 spiro atoms. The van der Waals surface area contributed by atoms with Gasteiger partial charge in [0.15, 0.2) is 0 Å². The van der Waals surface area contributed by atoms with E-state index in [1.165, 1.54) is 23.7 Å². The Balaban J connectivity index is 2.07. The van der Waals surface area contributed by atoms with E-state index in [2.05, 4.69) is 10.0 Å². The summed E-state index contributed by atoms with van der Waals surface area (Å²) in [6.07, 6.45) is 1.24. The predicted molar refractivity (Wildman–Crippen MR) is 104 cm³/mol. The number of benzene rings is 1. The van der Waals surface area contributed by atoms with Gasteiger partial charge in [-0.3, -0.25) is 14.1 Å². The number of hydrogen-bond donors (Lipinski definition) is 2. The van der Waals surface area contributed by atoms with E-state index in [1.54, 1.807) is 19.1 Å². The first-order chi connectivity index (χ1) is 11.7. The average Bonchev–Trinajstić information content (AvgIpc) is 3.36. The maximum atomic E-state index is 14.2. The number of anilines is 3. The molecular formula is C16H17FIN3O3S. The number of aryl methyl sites for hydroxylation is 1. The minimum absolute atomic E-state index is 0.158. The molecule has 1 aliphatic carbocycles. The SMILES string of the molecule is Cc1cc(NS(=O)(=O)C2CC2)c(Nc2ccc(I)cc2F)n(C)c1=O. The van der Waals surface area contributed by atoms with Gasteiger partial charge < -0.3 is 5.32 Å². The normalized spacial score (nSPS) is 14.4. The zero-order valence-corrected chi connectivity index (χ0v) is 16.6. The van der Waals surface area contributed by atoms with Gasteiger partial charge >= 0.3 is 0 Å². The van der Waals surface area contributed by atoms with Crippen LogP contribution in [0.5, 0.6) is 0 Å². The summed E-state index contributed by atoms with van der Waals surface area (Å²) < 4.78 is 43.3. The molecule has 1 fully saturated rings. The lowest BCUT2D eigenvalue weighted by Gasteiger charge is -2.18. The average molecular weight is 477 g/mol. The van der Waals surface area contributed by atoms with Crippen molar-refractivity contribution >= 4 is 49.8 Å².